The number of nitrogens with zero attached hydrogens (tertiary/aromatic N) is 3. The molecule has 4 rings (SSSR count). The molecule has 4 heterocycles. The van der Waals surface area contributed by atoms with Crippen LogP contribution in [0.2, 0.25) is 0 Å². The first kappa shape index (κ1) is 30.8. The molecular weight excluding hydrogens is 659 g/mol. The molecule has 0 fully saturated rings. The minimum atomic E-state index is 0. The van der Waals surface area contributed by atoms with Crippen LogP contribution in [0.15, 0.2) is 48.6 Å². The average Bonchev–Trinajstić information content (AvgIpc) is 3.20. The molecule has 1 N–H and O–H groups in total. The number of hydrogen-bond donors (Lipinski definition) is 1. The molecular formula is C30H36IrN3O2S-. The predicted molar refractivity (Wildman–Crippen MR) is 150 cm³/mol. The second kappa shape index (κ2) is 14.5. The third-order valence-corrected chi connectivity index (χ3v) is 8.03. The van der Waals surface area contributed by atoms with Crippen LogP contribution < -0.4 is 0 Å². The first-order valence-corrected chi connectivity index (χ1v) is 13.6. The van der Waals surface area contributed by atoms with Crippen LogP contribution in [0, 0.1) is 31.7 Å². The second-order valence-corrected chi connectivity index (χ2v) is 10.2. The zero-order valence-corrected chi connectivity index (χ0v) is 25.7. The van der Waals surface area contributed by atoms with Crippen molar-refractivity contribution in [2.24, 2.45) is 11.8 Å². The number of aliphatic hydroxyl groups excluding tert-OH is 1. The summed E-state index contributed by atoms with van der Waals surface area (Å²) >= 11 is 1.79. The van der Waals surface area contributed by atoms with E-state index in [4.69, 9.17) is 4.98 Å². The Morgan fingerprint density at radius 1 is 1.05 bits per heavy atom. The van der Waals surface area contributed by atoms with Crippen LogP contribution in [0.4, 0.5) is 0 Å². The number of hydrogen-bond acceptors (Lipinski definition) is 6. The number of rotatable bonds is 8. The summed E-state index contributed by atoms with van der Waals surface area (Å²) < 4.78 is 1.20. The van der Waals surface area contributed by atoms with Crippen molar-refractivity contribution in [3.8, 4) is 11.3 Å². The van der Waals surface area contributed by atoms with Gasteiger partial charge in [-0.15, -0.1) is 17.4 Å². The number of carbonyl (C=O) groups is 1. The third-order valence-electron chi connectivity index (χ3n) is 6.81. The second-order valence-electron chi connectivity index (χ2n) is 8.97. The minimum absolute atomic E-state index is 0. The third kappa shape index (κ3) is 7.10. The summed E-state index contributed by atoms with van der Waals surface area (Å²) in [6.07, 6.45) is 10.2. The zero-order chi connectivity index (χ0) is 26.2. The molecule has 7 heteroatoms. The Balaban J connectivity index is 0.000000271. The van der Waals surface area contributed by atoms with Crippen LogP contribution in [0.25, 0.3) is 32.4 Å². The maximum Gasteiger partial charge on any atom is 0.162 e. The molecule has 0 aliphatic carbocycles. The molecule has 0 aromatic carbocycles. The number of allylic oxidation sites excluding steroid dienone is 2. The van der Waals surface area contributed by atoms with E-state index in [9.17, 15) is 9.90 Å². The molecule has 0 atom stereocenters. The zero-order valence-electron chi connectivity index (χ0n) is 22.5. The van der Waals surface area contributed by atoms with E-state index in [1.807, 2.05) is 52.1 Å². The SMILES string of the molecule is CCC(CC)C(=O)/C=C(\O)C(CC)CC.Cc1sc2c(c(-c3[c-]cncc3)nc3cccnc32)c1C.[Ir]. The number of pyridine rings is 3. The van der Waals surface area contributed by atoms with Gasteiger partial charge in [-0.1, -0.05) is 27.7 Å². The van der Waals surface area contributed by atoms with E-state index in [-0.39, 0.29) is 43.5 Å². The van der Waals surface area contributed by atoms with Crippen LogP contribution in [0.1, 0.15) is 63.8 Å². The standard InChI is InChI=1S/C17H12N3S.C13H24O2.Ir/c1-10-11(2)21-17-14(10)15(12-5-8-18-9-6-12)20-13-4-3-7-19-16(13)17;1-5-10(6-2)12(14)9-13(15)11(7-3)8-4;/h3-5,7-9H,1-2H3;9-11,14H,5-8H2,1-4H3;/q-1;;/b;12-9-;. The molecule has 0 aliphatic rings. The van der Waals surface area contributed by atoms with Crippen molar-refractivity contribution in [1.82, 2.24) is 15.0 Å². The largest absolute Gasteiger partial charge is 0.512 e. The Bertz CT molecular complexity index is 1340. The van der Waals surface area contributed by atoms with Gasteiger partial charge >= 0.3 is 0 Å². The summed E-state index contributed by atoms with van der Waals surface area (Å²) in [6.45, 7) is 12.4. The van der Waals surface area contributed by atoms with Gasteiger partial charge < -0.3 is 10.1 Å². The maximum atomic E-state index is 11.7. The summed E-state index contributed by atoms with van der Waals surface area (Å²) in [6, 6.07) is 9.08. The molecule has 0 saturated carbocycles. The van der Waals surface area contributed by atoms with Crippen molar-refractivity contribution in [2.45, 2.75) is 67.2 Å². The fourth-order valence-corrected chi connectivity index (χ4v) is 5.52. The number of thiophene rings is 1. The van der Waals surface area contributed by atoms with Crippen LogP contribution in [0.3, 0.4) is 0 Å². The number of fused-ring (bicyclic) bond motifs is 3. The minimum Gasteiger partial charge on any atom is -0.512 e. The molecule has 0 bridgehead atoms. The molecule has 0 spiro atoms. The van der Waals surface area contributed by atoms with Crippen molar-refractivity contribution in [2.75, 3.05) is 0 Å². The maximum absolute atomic E-state index is 11.7. The van der Waals surface area contributed by atoms with Gasteiger partial charge in [0.25, 0.3) is 0 Å². The van der Waals surface area contributed by atoms with E-state index in [1.54, 1.807) is 23.7 Å². The molecule has 0 saturated heterocycles. The number of ketones is 1. The molecule has 0 unspecified atom stereocenters. The van der Waals surface area contributed by atoms with Gasteiger partial charge in [-0.25, -0.2) is 0 Å². The number of aryl methyl sites for hydroxylation is 2. The molecule has 1 radical (unpaired) electrons. The topological polar surface area (TPSA) is 76.0 Å². The predicted octanol–water partition coefficient (Wildman–Crippen LogP) is 8.19. The summed E-state index contributed by atoms with van der Waals surface area (Å²) in [5, 5.41) is 10.9. The van der Waals surface area contributed by atoms with E-state index >= 15 is 0 Å². The summed E-state index contributed by atoms with van der Waals surface area (Å²) in [5.41, 5.74) is 5.12. The van der Waals surface area contributed by atoms with Gasteiger partial charge in [-0.05, 0) is 80.7 Å². The average molecular weight is 695 g/mol. The fourth-order valence-electron chi connectivity index (χ4n) is 4.35. The number of aliphatic hydroxyl groups is 1. The molecule has 0 aliphatic heterocycles. The Labute approximate surface area is 237 Å². The van der Waals surface area contributed by atoms with Gasteiger partial charge in [0.2, 0.25) is 0 Å². The van der Waals surface area contributed by atoms with Crippen molar-refractivity contribution >= 4 is 38.2 Å². The molecule has 4 aromatic heterocycles. The van der Waals surface area contributed by atoms with Gasteiger partial charge in [0.05, 0.1) is 16.0 Å². The molecule has 199 valence electrons. The van der Waals surface area contributed by atoms with Crippen molar-refractivity contribution < 1.29 is 30.0 Å². The van der Waals surface area contributed by atoms with E-state index in [1.165, 1.54) is 26.6 Å². The van der Waals surface area contributed by atoms with Crippen molar-refractivity contribution in [3.63, 3.8) is 0 Å². The fraction of sp³-hybridized carbons (Fsp3) is 0.400. The molecule has 0 amide bonds. The number of aromatic nitrogens is 3. The van der Waals surface area contributed by atoms with Crippen molar-refractivity contribution in [3.05, 3.63) is 65.1 Å². The molecule has 5 nitrogen and oxygen atoms in total. The quantitative estimate of drug-likeness (QED) is 0.114. The normalized spacial score (nSPS) is 11.5. The Kier molecular flexibility index (Phi) is 12.0. The summed E-state index contributed by atoms with van der Waals surface area (Å²) in [7, 11) is 0. The van der Waals surface area contributed by atoms with Gasteiger partial charge in [0, 0.05) is 49.1 Å². The van der Waals surface area contributed by atoms with Gasteiger partial charge in [-0.2, -0.15) is 11.6 Å². The van der Waals surface area contributed by atoms with E-state index in [0.717, 1.165) is 48.0 Å². The smallest absolute Gasteiger partial charge is 0.162 e. The van der Waals surface area contributed by atoms with Crippen LogP contribution in [-0.4, -0.2) is 25.8 Å². The Hall–Kier alpha value is -2.47. The van der Waals surface area contributed by atoms with E-state index in [0.29, 0.717) is 0 Å². The summed E-state index contributed by atoms with van der Waals surface area (Å²) in [5.74, 6) is 0.547. The monoisotopic (exact) mass is 695 g/mol. The van der Waals surface area contributed by atoms with Crippen LogP contribution >= 0.6 is 11.3 Å². The number of carbonyl (C=O) groups excluding carboxylic acids is 1. The molecule has 4 aromatic rings. The van der Waals surface area contributed by atoms with Crippen molar-refractivity contribution in [1.29, 1.82) is 0 Å². The first-order chi connectivity index (χ1) is 17.4. The van der Waals surface area contributed by atoms with Gasteiger partial charge in [0.15, 0.2) is 5.78 Å². The summed E-state index contributed by atoms with van der Waals surface area (Å²) in [4.78, 5) is 26.4. The first-order valence-electron chi connectivity index (χ1n) is 12.8. The van der Waals surface area contributed by atoms with Crippen LogP contribution in [0.5, 0.6) is 0 Å². The Morgan fingerprint density at radius 3 is 2.32 bits per heavy atom. The van der Waals surface area contributed by atoms with Gasteiger partial charge in [0.1, 0.15) is 5.52 Å². The van der Waals surface area contributed by atoms with E-state index in [2.05, 4.69) is 29.9 Å². The molecule has 37 heavy (non-hydrogen) atoms. The van der Waals surface area contributed by atoms with Crippen LogP contribution in [-0.2, 0) is 24.9 Å². The van der Waals surface area contributed by atoms with Gasteiger partial charge in [-0.3, -0.25) is 14.8 Å². The Morgan fingerprint density at radius 2 is 1.73 bits per heavy atom. The van der Waals surface area contributed by atoms with E-state index < -0.39 is 0 Å².